The molecular weight excluding hydrogens is 358 g/mol. The summed E-state index contributed by atoms with van der Waals surface area (Å²) < 4.78 is 1.66. The van der Waals surface area contributed by atoms with E-state index in [0.29, 0.717) is 17.3 Å². The van der Waals surface area contributed by atoms with E-state index in [1.807, 2.05) is 12.1 Å². The molecule has 5 nitrogen and oxygen atoms in total. The Morgan fingerprint density at radius 2 is 2.16 bits per heavy atom. The SMILES string of the molecule is CCCc1cc(=O)n2c(n1)SCC2CC(=O)NCc1ccc(Cl)cc1. The fourth-order valence-corrected chi connectivity index (χ4v) is 4.12. The van der Waals surface area contributed by atoms with Crippen LogP contribution in [-0.2, 0) is 17.8 Å². The fraction of sp³-hybridized carbons (Fsp3) is 0.389. The lowest BCUT2D eigenvalue weighted by Gasteiger charge is -2.13. The van der Waals surface area contributed by atoms with Gasteiger partial charge in [0.1, 0.15) is 0 Å². The number of hydrogen-bond acceptors (Lipinski definition) is 4. The van der Waals surface area contributed by atoms with Crippen molar-refractivity contribution < 1.29 is 4.79 Å². The van der Waals surface area contributed by atoms with Gasteiger partial charge in [0.05, 0.1) is 6.04 Å². The molecule has 1 N–H and O–H groups in total. The molecule has 1 aromatic heterocycles. The molecule has 0 aliphatic carbocycles. The highest BCUT2D eigenvalue weighted by molar-refractivity contribution is 7.99. The number of hydrogen-bond donors (Lipinski definition) is 1. The molecule has 1 amide bonds. The Morgan fingerprint density at radius 3 is 2.88 bits per heavy atom. The second-order valence-corrected chi connectivity index (χ2v) is 7.48. The molecule has 0 saturated heterocycles. The van der Waals surface area contributed by atoms with Crippen LogP contribution in [0.2, 0.25) is 5.02 Å². The number of carbonyl (C=O) groups is 1. The lowest BCUT2D eigenvalue weighted by Crippen LogP contribution is -2.30. The molecule has 1 atom stereocenters. The maximum atomic E-state index is 12.4. The van der Waals surface area contributed by atoms with Crippen LogP contribution in [0.15, 0.2) is 40.3 Å². The average Bonchev–Trinajstić information content (AvgIpc) is 2.98. The first kappa shape index (κ1) is 18.0. The molecule has 25 heavy (non-hydrogen) atoms. The summed E-state index contributed by atoms with van der Waals surface area (Å²) in [4.78, 5) is 29.2. The van der Waals surface area contributed by atoms with Crippen LogP contribution < -0.4 is 10.9 Å². The zero-order valence-electron chi connectivity index (χ0n) is 14.0. The number of aromatic nitrogens is 2. The van der Waals surface area contributed by atoms with E-state index >= 15 is 0 Å². The predicted octanol–water partition coefficient (Wildman–Crippen LogP) is 3.20. The molecule has 0 spiro atoms. The number of aryl methyl sites for hydroxylation is 1. The van der Waals surface area contributed by atoms with Crippen molar-refractivity contribution >= 4 is 29.3 Å². The van der Waals surface area contributed by atoms with E-state index < -0.39 is 0 Å². The Morgan fingerprint density at radius 1 is 1.40 bits per heavy atom. The fourth-order valence-electron chi connectivity index (χ4n) is 2.82. The Bertz CT molecular complexity index is 820. The monoisotopic (exact) mass is 377 g/mol. The minimum atomic E-state index is -0.138. The zero-order valence-corrected chi connectivity index (χ0v) is 15.6. The van der Waals surface area contributed by atoms with Gasteiger partial charge in [-0.2, -0.15) is 0 Å². The molecular formula is C18H20ClN3O2S. The number of thioether (sulfide) groups is 1. The lowest BCUT2D eigenvalue weighted by molar-refractivity contribution is -0.121. The predicted molar refractivity (Wildman–Crippen MR) is 100 cm³/mol. The molecule has 7 heteroatoms. The van der Waals surface area contributed by atoms with Crippen LogP contribution in [0, 0.1) is 0 Å². The van der Waals surface area contributed by atoms with Crippen molar-refractivity contribution in [1.29, 1.82) is 0 Å². The van der Waals surface area contributed by atoms with Crippen LogP contribution in [-0.4, -0.2) is 21.2 Å². The number of halogens is 1. The van der Waals surface area contributed by atoms with Crippen molar-refractivity contribution in [3.05, 3.63) is 57.0 Å². The van der Waals surface area contributed by atoms with Gasteiger partial charge in [-0.25, -0.2) is 4.98 Å². The first-order chi connectivity index (χ1) is 12.1. The van der Waals surface area contributed by atoms with Crippen LogP contribution in [0.3, 0.4) is 0 Å². The summed E-state index contributed by atoms with van der Waals surface area (Å²) in [6, 6.07) is 8.82. The van der Waals surface area contributed by atoms with Gasteiger partial charge in [-0.15, -0.1) is 0 Å². The molecule has 1 unspecified atom stereocenters. The first-order valence-corrected chi connectivity index (χ1v) is 9.69. The van der Waals surface area contributed by atoms with E-state index in [2.05, 4.69) is 17.2 Å². The summed E-state index contributed by atoms with van der Waals surface area (Å²) in [5.74, 6) is 0.629. The van der Waals surface area contributed by atoms with E-state index in [0.717, 1.165) is 29.3 Å². The molecule has 2 heterocycles. The molecule has 132 valence electrons. The number of carbonyl (C=O) groups excluding carboxylic acids is 1. The molecule has 1 aromatic carbocycles. The summed E-state index contributed by atoms with van der Waals surface area (Å²) >= 11 is 7.40. The van der Waals surface area contributed by atoms with Gasteiger partial charge in [-0.3, -0.25) is 14.2 Å². The topological polar surface area (TPSA) is 64.0 Å². The highest BCUT2D eigenvalue weighted by Crippen LogP contribution is 2.32. The number of amides is 1. The Kier molecular flexibility index (Phi) is 5.81. The van der Waals surface area contributed by atoms with Crippen LogP contribution in [0.25, 0.3) is 0 Å². The summed E-state index contributed by atoms with van der Waals surface area (Å²) in [5.41, 5.74) is 1.76. The van der Waals surface area contributed by atoms with Crippen LogP contribution in [0.1, 0.15) is 37.1 Å². The van der Waals surface area contributed by atoms with Crippen LogP contribution >= 0.6 is 23.4 Å². The van der Waals surface area contributed by atoms with Crippen molar-refractivity contribution in [2.75, 3.05) is 5.75 Å². The second kappa shape index (κ2) is 8.06. The van der Waals surface area contributed by atoms with Gasteiger partial charge in [0.15, 0.2) is 5.16 Å². The standard InChI is InChI=1S/C18H20ClN3O2S/c1-2-3-14-8-17(24)22-15(11-25-18(22)21-14)9-16(23)20-10-12-4-6-13(19)7-5-12/h4-8,15H,2-3,9-11H2,1H3,(H,20,23). The maximum Gasteiger partial charge on any atom is 0.254 e. The van der Waals surface area contributed by atoms with E-state index in [4.69, 9.17) is 11.6 Å². The van der Waals surface area contributed by atoms with E-state index in [1.165, 1.54) is 0 Å². The minimum absolute atomic E-state index is 0.0612. The number of rotatable bonds is 6. The van der Waals surface area contributed by atoms with Gasteiger partial charge in [0.25, 0.3) is 5.56 Å². The smallest absolute Gasteiger partial charge is 0.254 e. The number of fused-ring (bicyclic) bond motifs is 1. The summed E-state index contributed by atoms with van der Waals surface area (Å²) in [6.45, 7) is 2.51. The Labute approximate surface area is 155 Å². The number of nitrogens with one attached hydrogen (secondary N) is 1. The first-order valence-electron chi connectivity index (χ1n) is 8.33. The molecule has 0 fully saturated rings. The number of benzene rings is 1. The molecule has 2 aromatic rings. The Balaban J connectivity index is 1.62. The van der Waals surface area contributed by atoms with Crippen molar-refractivity contribution in [1.82, 2.24) is 14.9 Å². The molecule has 0 radical (unpaired) electrons. The van der Waals surface area contributed by atoms with Gasteiger partial charge in [0.2, 0.25) is 5.91 Å². The average molecular weight is 378 g/mol. The van der Waals surface area contributed by atoms with Gasteiger partial charge >= 0.3 is 0 Å². The van der Waals surface area contributed by atoms with Gasteiger partial charge < -0.3 is 5.32 Å². The highest BCUT2D eigenvalue weighted by atomic mass is 35.5. The third kappa shape index (κ3) is 4.44. The molecule has 1 aliphatic heterocycles. The third-order valence-electron chi connectivity index (χ3n) is 4.07. The summed E-state index contributed by atoms with van der Waals surface area (Å²) in [5, 5.41) is 4.30. The van der Waals surface area contributed by atoms with Crippen LogP contribution in [0.4, 0.5) is 0 Å². The lowest BCUT2D eigenvalue weighted by atomic mass is 10.2. The van der Waals surface area contributed by atoms with Gasteiger partial charge in [-0.1, -0.05) is 48.8 Å². The molecule has 0 saturated carbocycles. The van der Waals surface area contributed by atoms with Crippen molar-refractivity contribution in [3.8, 4) is 0 Å². The van der Waals surface area contributed by atoms with E-state index in [-0.39, 0.29) is 23.9 Å². The maximum absolute atomic E-state index is 12.4. The Hall–Kier alpha value is -1.79. The minimum Gasteiger partial charge on any atom is -0.352 e. The molecule has 0 bridgehead atoms. The van der Waals surface area contributed by atoms with E-state index in [1.54, 1.807) is 34.5 Å². The second-order valence-electron chi connectivity index (χ2n) is 6.06. The van der Waals surface area contributed by atoms with Gasteiger partial charge in [0, 0.05) is 35.5 Å². The molecule has 1 aliphatic rings. The third-order valence-corrected chi connectivity index (χ3v) is 5.42. The normalized spacial score (nSPS) is 15.8. The number of nitrogens with zero attached hydrogens (tertiary/aromatic N) is 2. The largest absolute Gasteiger partial charge is 0.352 e. The highest BCUT2D eigenvalue weighted by Gasteiger charge is 2.27. The summed E-state index contributed by atoms with van der Waals surface area (Å²) in [7, 11) is 0. The van der Waals surface area contributed by atoms with Crippen molar-refractivity contribution in [3.63, 3.8) is 0 Å². The molecule has 3 rings (SSSR count). The van der Waals surface area contributed by atoms with Gasteiger partial charge in [-0.05, 0) is 24.1 Å². The zero-order chi connectivity index (χ0) is 17.8. The quantitative estimate of drug-likeness (QED) is 0.785. The van der Waals surface area contributed by atoms with Crippen molar-refractivity contribution in [2.24, 2.45) is 0 Å². The van der Waals surface area contributed by atoms with E-state index in [9.17, 15) is 9.59 Å². The van der Waals surface area contributed by atoms with Crippen LogP contribution in [0.5, 0.6) is 0 Å². The van der Waals surface area contributed by atoms with Crippen molar-refractivity contribution in [2.45, 2.75) is 43.9 Å². The summed E-state index contributed by atoms with van der Waals surface area (Å²) in [6.07, 6.45) is 2.04.